The molecular weight excluding hydrogens is 280 g/mol. The van der Waals surface area contributed by atoms with E-state index in [2.05, 4.69) is 15.3 Å². The number of anilines is 1. The molecule has 2 amide bonds. The van der Waals surface area contributed by atoms with Crippen LogP contribution in [-0.2, 0) is 6.54 Å². The van der Waals surface area contributed by atoms with E-state index in [-0.39, 0.29) is 6.03 Å². The third kappa shape index (κ3) is 3.52. The molecule has 0 bridgehead atoms. The zero-order chi connectivity index (χ0) is 15.4. The van der Waals surface area contributed by atoms with Crippen molar-refractivity contribution in [2.45, 2.75) is 25.4 Å². The van der Waals surface area contributed by atoms with Crippen LogP contribution in [0.1, 0.15) is 18.4 Å². The first-order chi connectivity index (χ1) is 10.8. The number of urea groups is 1. The molecule has 6 heteroatoms. The van der Waals surface area contributed by atoms with Gasteiger partial charge in [-0.25, -0.2) is 9.78 Å². The minimum atomic E-state index is -0.105. The number of rotatable bonds is 5. The largest absolute Gasteiger partial charge is 0.481 e. The van der Waals surface area contributed by atoms with E-state index in [4.69, 9.17) is 4.74 Å². The molecule has 0 saturated heterocycles. The Morgan fingerprint density at radius 3 is 2.68 bits per heavy atom. The van der Waals surface area contributed by atoms with Crippen molar-refractivity contribution in [3.8, 4) is 5.88 Å². The van der Waals surface area contributed by atoms with Crippen LogP contribution >= 0.6 is 0 Å². The third-order valence-electron chi connectivity index (χ3n) is 3.55. The van der Waals surface area contributed by atoms with E-state index >= 15 is 0 Å². The lowest BCUT2D eigenvalue weighted by Gasteiger charge is -2.23. The Labute approximate surface area is 129 Å². The topological polar surface area (TPSA) is 67.3 Å². The molecule has 0 spiro atoms. The zero-order valence-electron chi connectivity index (χ0n) is 12.4. The first-order valence-electron chi connectivity index (χ1n) is 7.23. The van der Waals surface area contributed by atoms with Gasteiger partial charge in [0.2, 0.25) is 5.88 Å². The molecule has 22 heavy (non-hydrogen) atoms. The second-order valence-corrected chi connectivity index (χ2v) is 5.23. The van der Waals surface area contributed by atoms with Crippen LogP contribution < -0.4 is 10.1 Å². The maximum Gasteiger partial charge on any atom is 0.322 e. The van der Waals surface area contributed by atoms with Crippen LogP contribution in [0.4, 0.5) is 10.5 Å². The van der Waals surface area contributed by atoms with Crippen molar-refractivity contribution < 1.29 is 9.53 Å². The van der Waals surface area contributed by atoms with Gasteiger partial charge in [0, 0.05) is 31.0 Å². The summed E-state index contributed by atoms with van der Waals surface area (Å²) in [5.74, 6) is 0.522. The predicted molar refractivity (Wildman–Crippen MR) is 82.6 cm³/mol. The van der Waals surface area contributed by atoms with Crippen molar-refractivity contribution in [3.63, 3.8) is 0 Å². The summed E-state index contributed by atoms with van der Waals surface area (Å²) in [5, 5.41) is 2.89. The molecule has 2 aromatic rings. The number of pyridine rings is 2. The van der Waals surface area contributed by atoms with Crippen LogP contribution in [0.15, 0.2) is 42.9 Å². The maximum absolute atomic E-state index is 12.5. The van der Waals surface area contributed by atoms with Crippen molar-refractivity contribution in [1.29, 1.82) is 0 Å². The molecule has 0 aliphatic heterocycles. The average molecular weight is 298 g/mol. The van der Waals surface area contributed by atoms with E-state index < -0.39 is 0 Å². The number of hydrogen-bond acceptors (Lipinski definition) is 4. The minimum Gasteiger partial charge on any atom is -0.481 e. The van der Waals surface area contributed by atoms with Gasteiger partial charge >= 0.3 is 6.03 Å². The Balaban J connectivity index is 1.67. The van der Waals surface area contributed by atoms with E-state index in [1.807, 2.05) is 17.0 Å². The van der Waals surface area contributed by atoms with Gasteiger partial charge in [-0.2, -0.15) is 0 Å². The number of methoxy groups -OCH3 is 1. The lowest BCUT2D eigenvalue weighted by Crippen LogP contribution is -2.36. The number of ether oxygens (including phenoxy) is 1. The Morgan fingerprint density at radius 2 is 2.09 bits per heavy atom. The van der Waals surface area contributed by atoms with Crippen LogP contribution in [0.2, 0.25) is 0 Å². The number of carbonyl (C=O) groups excluding carboxylic acids is 1. The lowest BCUT2D eigenvalue weighted by atomic mass is 10.2. The first-order valence-corrected chi connectivity index (χ1v) is 7.23. The predicted octanol–water partition coefficient (Wildman–Crippen LogP) is 2.68. The smallest absolute Gasteiger partial charge is 0.322 e. The number of nitrogens with zero attached hydrogens (tertiary/aromatic N) is 3. The van der Waals surface area contributed by atoms with Gasteiger partial charge in [0.15, 0.2) is 0 Å². The van der Waals surface area contributed by atoms with Gasteiger partial charge in [-0.15, -0.1) is 0 Å². The quantitative estimate of drug-likeness (QED) is 0.921. The van der Waals surface area contributed by atoms with E-state index in [9.17, 15) is 4.79 Å². The highest BCUT2D eigenvalue weighted by molar-refractivity contribution is 5.89. The molecule has 1 aliphatic rings. The van der Waals surface area contributed by atoms with E-state index in [1.54, 1.807) is 37.8 Å². The molecule has 0 unspecified atom stereocenters. The Bertz CT molecular complexity index is 626. The fourth-order valence-corrected chi connectivity index (χ4v) is 2.21. The first kappa shape index (κ1) is 14.3. The number of carbonyl (C=O) groups is 1. The fourth-order valence-electron chi connectivity index (χ4n) is 2.21. The average Bonchev–Trinajstić information content (AvgIpc) is 3.39. The lowest BCUT2D eigenvalue weighted by molar-refractivity contribution is 0.206. The number of aromatic nitrogens is 2. The SMILES string of the molecule is COc1ccc(NC(=O)N(Cc2ccncc2)C2CC2)cn1. The molecule has 0 radical (unpaired) electrons. The molecular formula is C16H18N4O2. The van der Waals surface area contributed by atoms with Crippen LogP contribution in [0.5, 0.6) is 5.88 Å². The standard InChI is InChI=1S/C16H18N4O2/c1-22-15-5-2-13(10-18-15)19-16(21)20(14-3-4-14)11-12-6-8-17-9-7-12/h2,5-10,14H,3-4,11H2,1H3,(H,19,21). The molecule has 6 nitrogen and oxygen atoms in total. The van der Waals surface area contributed by atoms with Crippen LogP contribution in [0, 0.1) is 0 Å². The van der Waals surface area contributed by atoms with Crippen molar-refractivity contribution in [3.05, 3.63) is 48.4 Å². The molecule has 1 N–H and O–H groups in total. The second-order valence-electron chi connectivity index (χ2n) is 5.23. The summed E-state index contributed by atoms with van der Waals surface area (Å²) in [6.45, 7) is 0.586. The van der Waals surface area contributed by atoms with Gasteiger partial charge in [0.1, 0.15) is 0 Å². The van der Waals surface area contributed by atoms with E-state index in [0.717, 1.165) is 18.4 Å². The summed E-state index contributed by atoms with van der Waals surface area (Å²) in [6.07, 6.45) is 7.18. The molecule has 2 heterocycles. The summed E-state index contributed by atoms with van der Waals surface area (Å²) >= 11 is 0. The van der Waals surface area contributed by atoms with Gasteiger partial charge in [-0.1, -0.05) is 0 Å². The highest BCUT2D eigenvalue weighted by Gasteiger charge is 2.32. The molecule has 114 valence electrons. The highest BCUT2D eigenvalue weighted by Crippen LogP contribution is 2.29. The van der Waals surface area contributed by atoms with Gasteiger partial charge in [0.25, 0.3) is 0 Å². The Hall–Kier alpha value is -2.63. The van der Waals surface area contributed by atoms with Crippen molar-refractivity contribution in [2.75, 3.05) is 12.4 Å². The van der Waals surface area contributed by atoms with Gasteiger partial charge in [-0.3, -0.25) is 4.98 Å². The van der Waals surface area contributed by atoms with E-state index in [0.29, 0.717) is 24.2 Å². The fraction of sp³-hybridized carbons (Fsp3) is 0.312. The molecule has 1 aliphatic carbocycles. The second kappa shape index (κ2) is 6.43. The Kier molecular flexibility index (Phi) is 4.18. The van der Waals surface area contributed by atoms with Crippen molar-refractivity contribution in [2.24, 2.45) is 0 Å². The molecule has 0 atom stereocenters. The summed E-state index contributed by atoms with van der Waals surface area (Å²) in [4.78, 5) is 22.4. The number of hydrogen-bond donors (Lipinski definition) is 1. The molecule has 3 rings (SSSR count). The summed E-state index contributed by atoms with van der Waals surface area (Å²) in [6, 6.07) is 7.57. The summed E-state index contributed by atoms with van der Waals surface area (Å²) < 4.78 is 5.01. The normalized spacial score (nSPS) is 13.5. The molecule has 0 aromatic carbocycles. The summed E-state index contributed by atoms with van der Waals surface area (Å²) in [5.41, 5.74) is 1.73. The van der Waals surface area contributed by atoms with Crippen molar-refractivity contribution in [1.82, 2.24) is 14.9 Å². The monoisotopic (exact) mass is 298 g/mol. The zero-order valence-corrected chi connectivity index (χ0v) is 12.4. The van der Waals surface area contributed by atoms with Crippen molar-refractivity contribution >= 4 is 11.7 Å². The van der Waals surface area contributed by atoms with Crippen LogP contribution in [0.3, 0.4) is 0 Å². The molecule has 1 fully saturated rings. The highest BCUT2D eigenvalue weighted by atomic mass is 16.5. The molecule has 1 saturated carbocycles. The summed E-state index contributed by atoms with van der Waals surface area (Å²) in [7, 11) is 1.56. The Morgan fingerprint density at radius 1 is 1.32 bits per heavy atom. The number of nitrogens with one attached hydrogen (secondary N) is 1. The van der Waals surface area contributed by atoms with Gasteiger partial charge in [0.05, 0.1) is 19.0 Å². The molecule has 2 aromatic heterocycles. The maximum atomic E-state index is 12.5. The van der Waals surface area contributed by atoms with Gasteiger partial charge < -0.3 is 15.0 Å². The number of amides is 2. The third-order valence-corrected chi connectivity index (χ3v) is 3.55. The van der Waals surface area contributed by atoms with E-state index in [1.165, 1.54) is 0 Å². The minimum absolute atomic E-state index is 0.105. The van der Waals surface area contributed by atoms with Gasteiger partial charge in [-0.05, 0) is 36.6 Å². The van der Waals surface area contributed by atoms with Crippen LogP contribution in [0.25, 0.3) is 0 Å². The van der Waals surface area contributed by atoms with Crippen LogP contribution in [-0.4, -0.2) is 34.1 Å².